The van der Waals surface area contributed by atoms with Gasteiger partial charge in [-0.2, -0.15) is 13.2 Å². The van der Waals surface area contributed by atoms with Gasteiger partial charge in [-0.15, -0.1) is 0 Å². The minimum atomic E-state index is -4.73. The zero-order chi connectivity index (χ0) is 28.1. The van der Waals surface area contributed by atoms with Gasteiger partial charge in [0.05, 0.1) is 16.1 Å². The smallest absolute Gasteiger partial charge is 0.357 e. The summed E-state index contributed by atoms with van der Waals surface area (Å²) in [5.41, 5.74) is 0.181. The molecule has 0 unspecified atom stereocenters. The molecule has 0 aromatic heterocycles. The highest BCUT2D eigenvalue weighted by Gasteiger charge is 2.35. The molecule has 0 saturated carbocycles. The minimum Gasteiger partial charge on any atom is -0.357 e. The van der Waals surface area contributed by atoms with Gasteiger partial charge in [0.25, 0.3) is 10.0 Å². The van der Waals surface area contributed by atoms with Crippen LogP contribution < -0.4 is 9.62 Å². The van der Waals surface area contributed by atoms with Crippen LogP contribution >= 0.6 is 0 Å². The molecule has 2 amide bonds. The molecule has 0 bridgehead atoms. The standard InChI is InChI=1S/C27H28F3N3O4S/c1-19-10-7-8-11-21(19)17-32(20(2)26(35)31-3)25(34)18-33(38(36,37)24-14-5-4-6-15-24)23-13-9-12-22(16-23)27(28,29)30/h4-16,20H,17-18H2,1-3H3,(H,31,35)/t20-/m1/s1. The predicted molar refractivity (Wildman–Crippen MR) is 138 cm³/mol. The normalized spacial score (nSPS) is 12.5. The highest BCUT2D eigenvalue weighted by atomic mass is 32.2. The van der Waals surface area contributed by atoms with Crippen molar-refractivity contribution in [3.63, 3.8) is 0 Å². The highest BCUT2D eigenvalue weighted by Crippen LogP contribution is 2.33. The first-order chi connectivity index (χ1) is 17.9. The first-order valence-electron chi connectivity index (χ1n) is 11.7. The molecule has 0 aliphatic heterocycles. The number of amides is 2. The van der Waals surface area contributed by atoms with Crippen LogP contribution in [-0.2, 0) is 32.3 Å². The largest absolute Gasteiger partial charge is 0.416 e. The molecule has 3 rings (SSSR count). The van der Waals surface area contributed by atoms with Crippen molar-refractivity contribution < 1.29 is 31.2 Å². The summed E-state index contributed by atoms with van der Waals surface area (Å²) < 4.78 is 68.3. The van der Waals surface area contributed by atoms with Crippen LogP contribution in [0.5, 0.6) is 0 Å². The molecule has 38 heavy (non-hydrogen) atoms. The van der Waals surface area contributed by atoms with Crippen LogP contribution in [-0.4, -0.2) is 44.8 Å². The maximum absolute atomic E-state index is 13.7. The Morgan fingerprint density at radius 3 is 2.18 bits per heavy atom. The molecule has 0 spiro atoms. The van der Waals surface area contributed by atoms with Crippen LogP contribution in [0, 0.1) is 6.92 Å². The van der Waals surface area contributed by atoms with E-state index in [4.69, 9.17) is 0 Å². The summed E-state index contributed by atoms with van der Waals surface area (Å²) in [4.78, 5) is 27.2. The van der Waals surface area contributed by atoms with Crippen molar-refractivity contribution >= 4 is 27.5 Å². The zero-order valence-corrected chi connectivity index (χ0v) is 21.9. The van der Waals surface area contributed by atoms with Crippen molar-refractivity contribution in [1.82, 2.24) is 10.2 Å². The monoisotopic (exact) mass is 547 g/mol. The summed E-state index contributed by atoms with van der Waals surface area (Å²) in [6, 6.07) is 17.1. The summed E-state index contributed by atoms with van der Waals surface area (Å²) in [6.07, 6.45) is -4.73. The molecule has 3 aromatic carbocycles. The lowest BCUT2D eigenvalue weighted by molar-refractivity contribution is -0.139. The van der Waals surface area contributed by atoms with E-state index in [9.17, 15) is 31.2 Å². The van der Waals surface area contributed by atoms with E-state index in [-0.39, 0.29) is 17.1 Å². The number of hydrogen-bond donors (Lipinski definition) is 1. The number of nitrogens with one attached hydrogen (secondary N) is 1. The number of rotatable bonds is 9. The molecule has 0 aliphatic carbocycles. The Morgan fingerprint density at radius 2 is 1.58 bits per heavy atom. The third kappa shape index (κ3) is 6.52. The Labute approximate surface area is 219 Å². The fourth-order valence-electron chi connectivity index (χ4n) is 3.85. The number of nitrogens with zero attached hydrogens (tertiary/aromatic N) is 2. The van der Waals surface area contributed by atoms with Gasteiger partial charge in [0.15, 0.2) is 0 Å². The summed E-state index contributed by atoms with van der Waals surface area (Å²) in [6.45, 7) is 2.49. The molecule has 202 valence electrons. The molecular weight excluding hydrogens is 519 g/mol. The van der Waals surface area contributed by atoms with Crippen LogP contribution in [0.25, 0.3) is 0 Å². The van der Waals surface area contributed by atoms with Crippen molar-refractivity contribution in [2.24, 2.45) is 0 Å². The van der Waals surface area contributed by atoms with Gasteiger partial charge in [-0.25, -0.2) is 8.42 Å². The van der Waals surface area contributed by atoms with E-state index < -0.39 is 46.2 Å². The number of likely N-dealkylation sites (N-methyl/N-ethyl adjacent to an activating group) is 1. The van der Waals surface area contributed by atoms with E-state index >= 15 is 0 Å². The average molecular weight is 548 g/mol. The number of halogens is 3. The van der Waals surface area contributed by atoms with Crippen molar-refractivity contribution in [3.05, 3.63) is 95.6 Å². The number of anilines is 1. The molecule has 0 aliphatic rings. The number of carbonyl (C=O) groups is 2. The van der Waals surface area contributed by atoms with Crippen molar-refractivity contribution in [3.8, 4) is 0 Å². The lowest BCUT2D eigenvalue weighted by Crippen LogP contribution is -2.50. The molecular formula is C27H28F3N3O4S. The summed E-state index contributed by atoms with van der Waals surface area (Å²) in [5, 5.41) is 2.48. The zero-order valence-electron chi connectivity index (χ0n) is 21.1. The number of hydrogen-bond acceptors (Lipinski definition) is 4. The fourth-order valence-corrected chi connectivity index (χ4v) is 5.28. The van der Waals surface area contributed by atoms with E-state index in [2.05, 4.69) is 5.32 Å². The predicted octanol–water partition coefficient (Wildman–Crippen LogP) is 4.37. The van der Waals surface area contributed by atoms with Gasteiger partial charge < -0.3 is 10.2 Å². The number of alkyl halides is 3. The molecule has 1 atom stereocenters. The summed E-state index contributed by atoms with van der Waals surface area (Å²) in [5.74, 6) is -1.25. The third-order valence-electron chi connectivity index (χ3n) is 6.09. The Bertz CT molecular complexity index is 1400. The quantitative estimate of drug-likeness (QED) is 0.431. The van der Waals surface area contributed by atoms with Gasteiger partial charge in [0, 0.05) is 13.6 Å². The SMILES string of the molecule is CNC(=O)[C@@H](C)N(Cc1ccccc1C)C(=O)CN(c1cccc(C(F)(F)F)c1)S(=O)(=O)c1ccccc1. The van der Waals surface area contributed by atoms with Crippen LogP contribution in [0.3, 0.4) is 0 Å². The maximum Gasteiger partial charge on any atom is 0.416 e. The average Bonchev–Trinajstić information content (AvgIpc) is 2.90. The second-order valence-corrected chi connectivity index (χ2v) is 10.5. The topological polar surface area (TPSA) is 86.8 Å². The molecule has 0 fully saturated rings. The number of carbonyl (C=O) groups excluding carboxylic acids is 2. The Morgan fingerprint density at radius 1 is 0.947 bits per heavy atom. The van der Waals surface area contributed by atoms with Crippen LogP contribution in [0.1, 0.15) is 23.6 Å². The molecule has 0 radical (unpaired) electrons. The second kappa shape index (κ2) is 11.7. The Hall–Kier alpha value is -3.86. The van der Waals surface area contributed by atoms with E-state index in [1.807, 2.05) is 19.1 Å². The van der Waals surface area contributed by atoms with Gasteiger partial charge in [-0.05, 0) is 55.3 Å². The van der Waals surface area contributed by atoms with E-state index in [0.29, 0.717) is 10.4 Å². The summed E-state index contributed by atoms with van der Waals surface area (Å²) >= 11 is 0. The first kappa shape index (κ1) is 28.7. The highest BCUT2D eigenvalue weighted by molar-refractivity contribution is 7.92. The molecule has 1 N–H and O–H groups in total. The Balaban J connectivity index is 2.09. The molecule has 0 heterocycles. The fraction of sp³-hybridized carbons (Fsp3) is 0.259. The molecule has 11 heteroatoms. The number of aryl methyl sites for hydroxylation is 1. The van der Waals surface area contributed by atoms with Gasteiger partial charge in [0.1, 0.15) is 12.6 Å². The molecule has 3 aromatic rings. The maximum atomic E-state index is 13.7. The van der Waals surface area contributed by atoms with Crippen molar-refractivity contribution in [1.29, 1.82) is 0 Å². The van der Waals surface area contributed by atoms with E-state index in [0.717, 1.165) is 23.3 Å². The van der Waals surface area contributed by atoms with Crippen LogP contribution in [0.4, 0.5) is 18.9 Å². The van der Waals surface area contributed by atoms with Crippen LogP contribution in [0.15, 0.2) is 83.8 Å². The lowest BCUT2D eigenvalue weighted by Gasteiger charge is -2.32. The Kier molecular flexibility index (Phi) is 8.82. The van der Waals surface area contributed by atoms with Crippen LogP contribution in [0.2, 0.25) is 0 Å². The third-order valence-corrected chi connectivity index (χ3v) is 7.88. The van der Waals surface area contributed by atoms with E-state index in [1.165, 1.54) is 49.2 Å². The lowest BCUT2D eigenvalue weighted by atomic mass is 10.1. The number of sulfonamides is 1. The van der Waals surface area contributed by atoms with Crippen molar-refractivity contribution in [2.45, 2.75) is 37.5 Å². The van der Waals surface area contributed by atoms with E-state index in [1.54, 1.807) is 18.2 Å². The van der Waals surface area contributed by atoms with Crippen molar-refractivity contribution in [2.75, 3.05) is 17.9 Å². The van der Waals surface area contributed by atoms with Gasteiger partial charge in [-0.3, -0.25) is 13.9 Å². The number of benzene rings is 3. The molecule has 7 nitrogen and oxygen atoms in total. The van der Waals surface area contributed by atoms with Gasteiger partial charge in [0.2, 0.25) is 11.8 Å². The first-order valence-corrected chi connectivity index (χ1v) is 13.1. The van der Waals surface area contributed by atoms with Gasteiger partial charge in [-0.1, -0.05) is 48.5 Å². The minimum absolute atomic E-state index is 0.0120. The van der Waals surface area contributed by atoms with Gasteiger partial charge >= 0.3 is 6.18 Å². The second-order valence-electron chi connectivity index (χ2n) is 8.61. The molecule has 0 saturated heterocycles. The summed E-state index contributed by atoms with van der Waals surface area (Å²) in [7, 11) is -3.05.